The van der Waals surface area contributed by atoms with Gasteiger partial charge in [0.2, 0.25) is 5.91 Å². The van der Waals surface area contributed by atoms with Gasteiger partial charge in [0.25, 0.3) is 5.91 Å². The Kier molecular flexibility index (Phi) is 10.5. The molecular weight excluding hydrogens is 557 g/mol. The first-order valence-electron chi connectivity index (χ1n) is 11.9. The van der Waals surface area contributed by atoms with Crippen molar-refractivity contribution in [1.29, 1.82) is 0 Å². The summed E-state index contributed by atoms with van der Waals surface area (Å²) in [6, 6.07) is 7.51. The highest BCUT2D eigenvalue weighted by atomic mass is 19.4. The maximum absolute atomic E-state index is 14.5. The van der Waals surface area contributed by atoms with Gasteiger partial charge in [0, 0.05) is 43.2 Å². The second kappa shape index (κ2) is 14.0. The Labute approximate surface area is 230 Å². The van der Waals surface area contributed by atoms with Gasteiger partial charge in [0.1, 0.15) is 23.4 Å². The van der Waals surface area contributed by atoms with Gasteiger partial charge in [-0.2, -0.15) is 0 Å². The number of alkyl halides is 4. The summed E-state index contributed by atoms with van der Waals surface area (Å²) in [4.78, 5) is 28.3. The maximum atomic E-state index is 14.5. The van der Waals surface area contributed by atoms with Crippen molar-refractivity contribution in [2.45, 2.75) is 38.5 Å². The molecule has 0 aliphatic heterocycles. The lowest BCUT2D eigenvalue weighted by Gasteiger charge is -2.17. The number of ether oxygens (including phenoxy) is 1. The summed E-state index contributed by atoms with van der Waals surface area (Å²) in [5.41, 5.74) is 5.48. The fraction of sp³-hybridized carbons (Fsp3) is 0.292. The van der Waals surface area contributed by atoms with Crippen LogP contribution in [-0.4, -0.2) is 55.9 Å². The number of nitrogens with zero attached hydrogens (tertiary/aromatic N) is 5. The molecule has 0 saturated carbocycles. The molecule has 6 N–H and O–H groups in total. The number of halogens is 5. The highest BCUT2D eigenvalue weighted by molar-refractivity contribution is 5.92. The molecule has 41 heavy (non-hydrogen) atoms. The Bertz CT molecular complexity index is 1350. The van der Waals surface area contributed by atoms with Crippen LogP contribution in [0.5, 0.6) is 5.75 Å². The van der Waals surface area contributed by atoms with Crippen molar-refractivity contribution in [3.05, 3.63) is 77.8 Å². The minimum Gasteiger partial charge on any atom is -0.406 e. The van der Waals surface area contributed by atoms with E-state index < -0.39 is 42.2 Å². The van der Waals surface area contributed by atoms with E-state index in [1.807, 2.05) is 0 Å². The summed E-state index contributed by atoms with van der Waals surface area (Å²) in [6.07, 6.45) is -2.51. The average Bonchev–Trinajstić information content (AvgIpc) is 3.34. The van der Waals surface area contributed by atoms with E-state index in [1.165, 1.54) is 10.9 Å². The Hall–Kier alpha value is -4.80. The lowest BCUT2D eigenvalue weighted by atomic mass is 10.2. The number of hydrazine groups is 1. The number of pyridine rings is 1. The van der Waals surface area contributed by atoms with E-state index in [0.717, 1.165) is 29.4 Å². The number of hydrogen-bond donors (Lipinski definition) is 4. The van der Waals surface area contributed by atoms with E-state index in [0.29, 0.717) is 5.69 Å². The van der Waals surface area contributed by atoms with Crippen molar-refractivity contribution in [1.82, 2.24) is 30.3 Å². The molecular formula is C24H26F5N9O3. The largest absolute Gasteiger partial charge is 0.573 e. The third-order valence-electron chi connectivity index (χ3n) is 5.21. The number of rotatable bonds is 13. The zero-order valence-corrected chi connectivity index (χ0v) is 21.3. The molecule has 2 heterocycles. The number of anilines is 1. The van der Waals surface area contributed by atoms with Crippen LogP contribution in [0.2, 0.25) is 0 Å². The molecule has 2 amide bonds. The monoisotopic (exact) mass is 583 g/mol. The number of carbonyl (C=O) groups excluding carboxylic acids is 2. The van der Waals surface area contributed by atoms with Crippen molar-refractivity contribution >= 4 is 17.6 Å². The first-order valence-corrected chi connectivity index (χ1v) is 11.9. The number of amides is 2. The normalized spacial score (nSPS) is 12.5. The predicted octanol–water partition coefficient (Wildman–Crippen LogP) is 1.91. The minimum atomic E-state index is -4.97. The first-order chi connectivity index (χ1) is 19.4. The molecule has 0 aliphatic rings. The third-order valence-corrected chi connectivity index (χ3v) is 5.21. The molecule has 1 aromatic carbocycles. The third kappa shape index (κ3) is 10.7. The van der Waals surface area contributed by atoms with Gasteiger partial charge in [-0.1, -0.05) is 11.3 Å². The second-order valence-electron chi connectivity index (χ2n) is 8.56. The molecule has 2 aromatic heterocycles. The highest BCUT2D eigenvalue weighted by Crippen LogP contribution is 2.24. The van der Waals surface area contributed by atoms with Gasteiger partial charge < -0.3 is 26.1 Å². The van der Waals surface area contributed by atoms with Gasteiger partial charge >= 0.3 is 6.36 Å². The van der Waals surface area contributed by atoms with Gasteiger partial charge in [-0.05, 0) is 30.3 Å². The van der Waals surface area contributed by atoms with Crippen molar-refractivity contribution in [2.24, 2.45) is 11.6 Å². The molecule has 220 valence electrons. The van der Waals surface area contributed by atoms with E-state index in [9.17, 15) is 31.5 Å². The van der Waals surface area contributed by atoms with E-state index >= 15 is 0 Å². The van der Waals surface area contributed by atoms with Crippen LogP contribution >= 0.6 is 0 Å². The second-order valence-corrected chi connectivity index (χ2v) is 8.56. The number of nitrogens with one attached hydrogen (secondary N) is 2. The summed E-state index contributed by atoms with van der Waals surface area (Å²) in [5.74, 6) is 3.07. The smallest absolute Gasteiger partial charge is 0.406 e. The van der Waals surface area contributed by atoms with Gasteiger partial charge in [-0.25, -0.2) is 14.6 Å². The van der Waals surface area contributed by atoms with Crippen LogP contribution in [0.3, 0.4) is 0 Å². The van der Waals surface area contributed by atoms with Crippen molar-refractivity contribution in [3.8, 4) is 5.75 Å². The summed E-state index contributed by atoms with van der Waals surface area (Å²) in [5, 5.41) is 13.3. The van der Waals surface area contributed by atoms with Gasteiger partial charge in [-0.3, -0.25) is 19.3 Å². The minimum absolute atomic E-state index is 0.0439. The van der Waals surface area contributed by atoms with E-state index in [-0.39, 0.29) is 43.2 Å². The van der Waals surface area contributed by atoms with Crippen LogP contribution in [-0.2, 0) is 29.1 Å². The Morgan fingerprint density at radius 2 is 2.00 bits per heavy atom. The summed E-state index contributed by atoms with van der Waals surface area (Å²) < 4.78 is 70.5. The molecule has 3 rings (SSSR count). The standard InChI is InChI=1S/C24H26F5N9O3/c25-16(6-8-38-14-21(35-36-38)34-22(39)10-17-3-1-2-7-32-17)12-37(31)13-20(30)23(40)33-11-15-9-18(4-5-19(15)26)41-24(27,28)29/h1-5,7,9,13-14,16H,6,8,10-12,30-31H2,(H,33,40)(H,34,39)/b20-13-. The molecule has 1 unspecified atom stereocenters. The number of aryl methyl sites for hydroxylation is 1. The summed E-state index contributed by atoms with van der Waals surface area (Å²) in [7, 11) is 0. The van der Waals surface area contributed by atoms with E-state index in [2.05, 4.69) is 30.7 Å². The van der Waals surface area contributed by atoms with Gasteiger partial charge in [-0.15, -0.1) is 18.3 Å². The molecule has 0 spiro atoms. The zero-order chi connectivity index (χ0) is 30.0. The molecule has 12 nitrogen and oxygen atoms in total. The SMILES string of the molecule is N/C(=C\N(N)CC(F)CCn1cc(NC(=O)Cc2ccccn2)nn1)C(=O)NCc1cc(OC(F)(F)F)ccc1F. The molecule has 1 atom stereocenters. The molecule has 0 fully saturated rings. The van der Waals surface area contributed by atoms with Gasteiger partial charge in [0.05, 0.1) is 19.2 Å². The zero-order valence-electron chi connectivity index (χ0n) is 21.3. The number of aromatic nitrogens is 4. The molecule has 0 bridgehead atoms. The van der Waals surface area contributed by atoms with E-state index in [4.69, 9.17) is 11.6 Å². The van der Waals surface area contributed by atoms with Crippen molar-refractivity contribution in [2.75, 3.05) is 11.9 Å². The topological polar surface area (TPSA) is 166 Å². The summed E-state index contributed by atoms with van der Waals surface area (Å²) in [6.45, 7) is -0.768. The molecule has 3 aromatic rings. The van der Waals surface area contributed by atoms with Gasteiger partial charge in [0.15, 0.2) is 5.82 Å². The average molecular weight is 584 g/mol. The maximum Gasteiger partial charge on any atom is 0.573 e. The first kappa shape index (κ1) is 30.7. The highest BCUT2D eigenvalue weighted by Gasteiger charge is 2.31. The van der Waals surface area contributed by atoms with Crippen molar-refractivity contribution in [3.63, 3.8) is 0 Å². The van der Waals surface area contributed by atoms with Crippen molar-refractivity contribution < 1.29 is 36.3 Å². The molecule has 0 aliphatic carbocycles. The number of nitrogens with two attached hydrogens (primary N) is 2. The van der Waals surface area contributed by atoms with Crippen LogP contribution < -0.4 is 26.9 Å². The predicted molar refractivity (Wildman–Crippen MR) is 134 cm³/mol. The molecule has 17 heteroatoms. The van der Waals surface area contributed by atoms with Crippen LogP contribution in [0.25, 0.3) is 0 Å². The van der Waals surface area contributed by atoms with Crippen LogP contribution in [0, 0.1) is 5.82 Å². The Morgan fingerprint density at radius 3 is 2.71 bits per heavy atom. The van der Waals surface area contributed by atoms with Crippen LogP contribution in [0.4, 0.5) is 27.8 Å². The number of benzene rings is 1. The van der Waals surface area contributed by atoms with E-state index in [1.54, 1.807) is 24.4 Å². The number of hydrogen-bond acceptors (Lipinski definition) is 9. The fourth-order valence-corrected chi connectivity index (χ4v) is 3.36. The fourth-order valence-electron chi connectivity index (χ4n) is 3.36. The lowest BCUT2D eigenvalue weighted by Crippen LogP contribution is -2.36. The molecule has 0 saturated heterocycles. The Balaban J connectivity index is 1.42. The Morgan fingerprint density at radius 1 is 1.22 bits per heavy atom. The summed E-state index contributed by atoms with van der Waals surface area (Å²) >= 11 is 0. The van der Waals surface area contributed by atoms with Crippen LogP contribution in [0.15, 0.2) is 60.7 Å². The lowest BCUT2D eigenvalue weighted by molar-refractivity contribution is -0.274. The quantitative estimate of drug-likeness (QED) is 0.102. The van der Waals surface area contributed by atoms with Crippen LogP contribution in [0.1, 0.15) is 17.7 Å². The number of carbonyl (C=O) groups is 2. The molecule has 0 radical (unpaired) electrons.